The number of rotatable bonds is 6. The lowest BCUT2D eigenvalue weighted by molar-refractivity contribution is 0.100. The van der Waals surface area contributed by atoms with Gasteiger partial charge in [0.2, 0.25) is 11.6 Å². The molecule has 0 aliphatic heterocycles. The summed E-state index contributed by atoms with van der Waals surface area (Å²) in [7, 11) is 0. The van der Waals surface area contributed by atoms with Gasteiger partial charge in [-0.15, -0.1) is 0 Å². The molecule has 0 saturated carbocycles. The predicted molar refractivity (Wildman–Crippen MR) is 90.6 cm³/mol. The fourth-order valence-electron chi connectivity index (χ4n) is 2.03. The van der Waals surface area contributed by atoms with E-state index in [1.165, 1.54) is 31.3 Å². The lowest BCUT2D eigenvalue weighted by atomic mass is 10.2. The summed E-state index contributed by atoms with van der Waals surface area (Å²) in [5, 5.41) is 16.0. The van der Waals surface area contributed by atoms with Gasteiger partial charge < -0.3 is 9.52 Å². The molecule has 8 heteroatoms. The Morgan fingerprint density at radius 1 is 1.24 bits per heavy atom. The fourth-order valence-corrected chi connectivity index (χ4v) is 2.92. The molecule has 0 spiro atoms. The zero-order valence-corrected chi connectivity index (χ0v) is 13.9. The molecular weight excluding hydrogens is 342 g/mol. The number of aromatic nitrogens is 3. The van der Waals surface area contributed by atoms with Gasteiger partial charge in [-0.2, -0.15) is 5.10 Å². The van der Waals surface area contributed by atoms with E-state index in [-0.39, 0.29) is 23.1 Å². The van der Waals surface area contributed by atoms with Gasteiger partial charge in [0.15, 0.2) is 17.3 Å². The third-order valence-electron chi connectivity index (χ3n) is 3.25. The lowest BCUT2D eigenvalue weighted by Gasteiger charge is -2.02. The topological polar surface area (TPSA) is 109 Å². The van der Waals surface area contributed by atoms with Gasteiger partial charge in [0.1, 0.15) is 6.33 Å². The van der Waals surface area contributed by atoms with E-state index in [2.05, 4.69) is 15.2 Å². The maximum Gasteiger partial charge on any atom is 0.226 e. The number of benzene rings is 1. The third kappa shape index (κ3) is 3.86. The van der Waals surface area contributed by atoms with Crippen LogP contribution in [0, 0.1) is 0 Å². The van der Waals surface area contributed by atoms with Gasteiger partial charge in [-0.25, -0.2) is 4.98 Å². The molecule has 0 saturated heterocycles. The van der Waals surface area contributed by atoms with Crippen LogP contribution in [0.1, 0.15) is 33.7 Å². The van der Waals surface area contributed by atoms with E-state index >= 15 is 0 Å². The van der Waals surface area contributed by atoms with E-state index in [1.54, 1.807) is 30.3 Å². The Morgan fingerprint density at radius 2 is 2.00 bits per heavy atom. The van der Waals surface area contributed by atoms with Crippen LogP contribution in [0.3, 0.4) is 0 Å². The maximum absolute atomic E-state index is 12.3. The molecule has 126 valence electrons. The van der Waals surface area contributed by atoms with E-state index < -0.39 is 5.78 Å². The predicted octanol–water partition coefficient (Wildman–Crippen LogP) is 3.53. The molecule has 2 N–H and O–H groups in total. The van der Waals surface area contributed by atoms with Crippen molar-refractivity contribution in [3.8, 4) is 0 Å². The average molecular weight is 355 g/mol. The average Bonchev–Trinajstić information content (AvgIpc) is 3.27. The standard InChI is InChI=1S/C17H13N3O4S/c1-10(21)11-2-4-12(5-3-11)25-15-6-7-24-16(15)13(22)8-14(23)17-18-9-19-20-17/h2-9,23H,1H3,(H,18,19,20). The summed E-state index contributed by atoms with van der Waals surface area (Å²) in [6.07, 6.45) is 3.70. The first-order valence-electron chi connectivity index (χ1n) is 7.22. The first-order chi connectivity index (χ1) is 12.0. The lowest BCUT2D eigenvalue weighted by Crippen LogP contribution is -1.97. The van der Waals surface area contributed by atoms with Crippen molar-refractivity contribution in [2.75, 3.05) is 0 Å². The Morgan fingerprint density at radius 3 is 2.64 bits per heavy atom. The highest BCUT2D eigenvalue weighted by Gasteiger charge is 2.17. The summed E-state index contributed by atoms with van der Waals surface area (Å²) in [5.41, 5.74) is 0.618. The Hall–Kier alpha value is -3.13. The van der Waals surface area contributed by atoms with Gasteiger partial charge in [-0.05, 0) is 25.1 Å². The third-order valence-corrected chi connectivity index (χ3v) is 4.30. The second-order valence-electron chi connectivity index (χ2n) is 5.01. The van der Waals surface area contributed by atoms with Gasteiger partial charge in [-0.3, -0.25) is 14.7 Å². The number of nitrogens with zero attached hydrogens (tertiary/aromatic N) is 2. The number of hydrogen-bond donors (Lipinski definition) is 2. The summed E-state index contributed by atoms with van der Waals surface area (Å²) < 4.78 is 5.25. The molecule has 3 aromatic rings. The minimum absolute atomic E-state index is 0.0108. The Bertz CT molecular complexity index is 927. The molecule has 25 heavy (non-hydrogen) atoms. The fraction of sp³-hybridized carbons (Fsp3) is 0.0588. The Labute approximate surface area is 146 Å². The monoisotopic (exact) mass is 355 g/mol. The molecule has 3 rings (SSSR count). The molecule has 0 atom stereocenters. The van der Waals surface area contributed by atoms with Crippen molar-refractivity contribution < 1.29 is 19.1 Å². The summed E-state index contributed by atoms with van der Waals surface area (Å²) in [6, 6.07) is 8.70. The minimum atomic E-state index is -0.504. The van der Waals surface area contributed by atoms with Crippen LogP contribution in [0.2, 0.25) is 0 Å². The number of aliphatic hydroxyl groups is 1. The van der Waals surface area contributed by atoms with Crippen molar-refractivity contribution in [1.29, 1.82) is 0 Å². The van der Waals surface area contributed by atoms with Crippen LogP contribution in [-0.2, 0) is 0 Å². The first kappa shape index (κ1) is 16.7. The van der Waals surface area contributed by atoms with E-state index in [9.17, 15) is 14.7 Å². The molecule has 0 bridgehead atoms. The van der Waals surface area contributed by atoms with Crippen LogP contribution >= 0.6 is 11.8 Å². The number of Topliss-reactive ketones (excluding diaryl/α,β-unsaturated/α-hetero) is 1. The molecule has 0 unspecified atom stereocenters. The summed E-state index contributed by atoms with van der Waals surface area (Å²) in [5.74, 6) is -0.750. The van der Waals surface area contributed by atoms with Gasteiger partial charge in [0.25, 0.3) is 0 Å². The number of carbonyl (C=O) groups is 2. The summed E-state index contributed by atoms with van der Waals surface area (Å²) >= 11 is 1.32. The number of ketones is 2. The molecule has 0 fully saturated rings. The smallest absolute Gasteiger partial charge is 0.226 e. The second-order valence-corrected chi connectivity index (χ2v) is 6.13. The van der Waals surface area contributed by atoms with Crippen LogP contribution < -0.4 is 0 Å². The van der Waals surface area contributed by atoms with Crippen molar-refractivity contribution in [2.24, 2.45) is 0 Å². The molecule has 0 aliphatic carbocycles. The van der Waals surface area contributed by atoms with Crippen molar-refractivity contribution in [1.82, 2.24) is 15.2 Å². The van der Waals surface area contributed by atoms with Crippen LogP contribution in [0.25, 0.3) is 5.76 Å². The number of nitrogens with one attached hydrogen (secondary N) is 1. The zero-order valence-electron chi connectivity index (χ0n) is 13.1. The highest BCUT2D eigenvalue weighted by molar-refractivity contribution is 7.99. The van der Waals surface area contributed by atoms with Crippen molar-refractivity contribution in [2.45, 2.75) is 16.7 Å². The highest BCUT2D eigenvalue weighted by atomic mass is 32.2. The van der Waals surface area contributed by atoms with Crippen molar-refractivity contribution in [3.05, 3.63) is 66.1 Å². The highest BCUT2D eigenvalue weighted by Crippen LogP contribution is 2.32. The normalized spacial score (nSPS) is 11.5. The SMILES string of the molecule is CC(=O)c1ccc(Sc2ccoc2C(=O)C=C(O)c2nc[nH]n2)cc1. The van der Waals surface area contributed by atoms with Gasteiger partial charge >= 0.3 is 0 Å². The molecule has 0 amide bonds. The number of H-pyrrole nitrogens is 1. The van der Waals surface area contributed by atoms with Gasteiger partial charge in [-0.1, -0.05) is 23.9 Å². The number of allylic oxidation sites excluding steroid dienone is 1. The zero-order chi connectivity index (χ0) is 17.8. The van der Waals surface area contributed by atoms with E-state index in [0.717, 1.165) is 11.0 Å². The summed E-state index contributed by atoms with van der Waals surface area (Å²) in [6.45, 7) is 1.50. The number of aromatic amines is 1. The molecule has 0 aliphatic rings. The van der Waals surface area contributed by atoms with E-state index in [0.29, 0.717) is 10.5 Å². The van der Waals surface area contributed by atoms with Gasteiger partial charge in [0, 0.05) is 16.5 Å². The number of furan rings is 1. The van der Waals surface area contributed by atoms with Crippen molar-refractivity contribution in [3.63, 3.8) is 0 Å². The Balaban J connectivity index is 1.79. The van der Waals surface area contributed by atoms with Gasteiger partial charge in [0.05, 0.1) is 11.2 Å². The molecule has 0 radical (unpaired) electrons. The molecule has 2 heterocycles. The molecular formula is C17H13N3O4S. The molecule has 1 aromatic carbocycles. The van der Waals surface area contributed by atoms with Crippen LogP contribution in [0.4, 0.5) is 0 Å². The minimum Gasteiger partial charge on any atom is -0.504 e. The Kier molecular flexibility index (Phi) is 4.80. The second kappa shape index (κ2) is 7.18. The van der Waals surface area contributed by atoms with Crippen LogP contribution in [0.5, 0.6) is 0 Å². The maximum atomic E-state index is 12.3. The van der Waals surface area contributed by atoms with Crippen LogP contribution in [-0.4, -0.2) is 31.9 Å². The largest absolute Gasteiger partial charge is 0.504 e. The van der Waals surface area contributed by atoms with Crippen LogP contribution in [0.15, 0.2) is 63.2 Å². The van der Waals surface area contributed by atoms with Crippen molar-refractivity contribution >= 4 is 29.1 Å². The van der Waals surface area contributed by atoms with E-state index in [4.69, 9.17) is 4.42 Å². The molecule has 2 aromatic heterocycles. The first-order valence-corrected chi connectivity index (χ1v) is 8.03. The number of hydrogen-bond acceptors (Lipinski definition) is 7. The number of aliphatic hydroxyl groups excluding tert-OH is 1. The molecule has 7 nitrogen and oxygen atoms in total. The van der Waals surface area contributed by atoms with E-state index in [1.807, 2.05) is 0 Å². The summed E-state index contributed by atoms with van der Waals surface area (Å²) in [4.78, 5) is 28.8. The quantitative estimate of drug-likeness (QED) is 0.395. The number of carbonyl (C=O) groups excluding carboxylic acids is 2.